The van der Waals surface area contributed by atoms with E-state index in [1.54, 1.807) is 0 Å². The Morgan fingerprint density at radius 3 is 2.90 bits per heavy atom. The van der Waals surface area contributed by atoms with E-state index >= 15 is 0 Å². The first-order valence-corrected chi connectivity index (χ1v) is 7.04. The molecule has 7 heteroatoms. The number of nitrogens with zero attached hydrogens (tertiary/aromatic N) is 4. The van der Waals surface area contributed by atoms with Gasteiger partial charge in [-0.15, -0.1) is 10.2 Å². The molecule has 20 heavy (non-hydrogen) atoms. The van der Waals surface area contributed by atoms with Gasteiger partial charge in [-0.25, -0.2) is 4.57 Å². The number of fused-ring (bicyclic) bond motifs is 1. The minimum absolute atomic E-state index is 0.000797. The number of hydrogen-bond acceptors (Lipinski definition) is 5. The van der Waals surface area contributed by atoms with Crippen LogP contribution < -0.4 is 0 Å². The van der Waals surface area contributed by atoms with Gasteiger partial charge in [0.1, 0.15) is 5.69 Å². The monoisotopic (exact) mass is 283 g/mol. The van der Waals surface area contributed by atoms with Crippen LogP contribution in [0.1, 0.15) is 4.79 Å². The molecule has 0 spiro atoms. The Morgan fingerprint density at radius 1 is 1.20 bits per heavy atom. The normalized spacial score (nSPS) is 13.7. The Labute approximate surface area is 118 Å². The van der Waals surface area contributed by atoms with Gasteiger partial charge in [0.2, 0.25) is 5.91 Å². The maximum absolute atomic E-state index is 11.8. The highest BCUT2D eigenvalue weighted by atomic mass is 32.2. The standard InChI is InChI=1S/C13H9N5OS/c19-11-7-20-13-17-16-12(18(11)13)10-6-9(14-15-10)8-4-2-1-3-5-8/h1-6H,7H2,(H,14,15). The van der Waals surface area contributed by atoms with E-state index in [1.165, 1.54) is 16.3 Å². The largest absolute Gasteiger partial charge is 0.274 e. The van der Waals surface area contributed by atoms with Crippen molar-refractivity contribution in [3.63, 3.8) is 0 Å². The topological polar surface area (TPSA) is 76.5 Å². The molecule has 1 aromatic carbocycles. The lowest BCUT2D eigenvalue weighted by Gasteiger charge is -1.96. The lowest BCUT2D eigenvalue weighted by atomic mass is 10.1. The van der Waals surface area contributed by atoms with Gasteiger partial charge in [0.05, 0.1) is 11.4 Å². The highest BCUT2D eigenvalue weighted by molar-refractivity contribution is 8.00. The van der Waals surface area contributed by atoms with Crippen LogP contribution in [0.4, 0.5) is 0 Å². The van der Waals surface area contributed by atoms with E-state index in [0.717, 1.165) is 11.3 Å². The molecule has 0 saturated heterocycles. The number of hydrogen-bond donors (Lipinski definition) is 1. The van der Waals surface area contributed by atoms with Crippen LogP contribution in [-0.2, 0) is 0 Å². The fourth-order valence-corrected chi connectivity index (χ4v) is 2.94. The molecule has 3 aromatic rings. The Hall–Kier alpha value is -2.41. The molecule has 6 nitrogen and oxygen atoms in total. The molecule has 1 N–H and O–H groups in total. The van der Waals surface area contributed by atoms with Gasteiger partial charge in [-0.1, -0.05) is 42.1 Å². The molecule has 0 unspecified atom stereocenters. The molecule has 0 radical (unpaired) electrons. The summed E-state index contributed by atoms with van der Waals surface area (Å²) in [6, 6.07) is 11.7. The molecule has 4 rings (SSSR count). The Kier molecular flexibility index (Phi) is 2.46. The van der Waals surface area contributed by atoms with Gasteiger partial charge in [0.15, 0.2) is 11.0 Å². The van der Waals surface area contributed by atoms with Gasteiger partial charge in [-0.05, 0) is 6.07 Å². The molecule has 1 aliphatic rings. The minimum atomic E-state index is 0.000797. The average molecular weight is 283 g/mol. The number of carbonyl (C=O) groups is 1. The zero-order valence-electron chi connectivity index (χ0n) is 10.3. The van der Waals surface area contributed by atoms with E-state index in [4.69, 9.17) is 0 Å². The van der Waals surface area contributed by atoms with Crippen LogP contribution in [0.2, 0.25) is 0 Å². The highest BCUT2D eigenvalue weighted by Gasteiger charge is 2.27. The van der Waals surface area contributed by atoms with Crippen molar-refractivity contribution in [2.24, 2.45) is 0 Å². The van der Waals surface area contributed by atoms with Crippen molar-refractivity contribution in [3.05, 3.63) is 36.4 Å². The van der Waals surface area contributed by atoms with Gasteiger partial charge in [0.25, 0.3) is 0 Å². The summed E-state index contributed by atoms with van der Waals surface area (Å²) >= 11 is 1.40. The number of aromatic amines is 1. The van der Waals surface area contributed by atoms with Gasteiger partial charge in [-0.2, -0.15) is 5.10 Å². The van der Waals surface area contributed by atoms with Gasteiger partial charge < -0.3 is 0 Å². The zero-order chi connectivity index (χ0) is 13.5. The Balaban J connectivity index is 1.78. The van der Waals surface area contributed by atoms with Crippen molar-refractivity contribution < 1.29 is 4.79 Å². The molecule has 0 saturated carbocycles. The number of aromatic nitrogens is 5. The van der Waals surface area contributed by atoms with Crippen LogP contribution in [0.5, 0.6) is 0 Å². The lowest BCUT2D eigenvalue weighted by molar-refractivity contribution is 0.0941. The molecule has 0 atom stereocenters. The molecule has 1 aliphatic heterocycles. The summed E-state index contributed by atoms with van der Waals surface area (Å²) in [6.07, 6.45) is 0. The Bertz CT molecular complexity index is 792. The van der Waals surface area contributed by atoms with Gasteiger partial charge >= 0.3 is 0 Å². The molecule has 0 amide bonds. The second kappa shape index (κ2) is 4.31. The number of carbonyl (C=O) groups excluding carboxylic acids is 1. The molecule has 0 aliphatic carbocycles. The predicted octanol–water partition coefficient (Wildman–Crippen LogP) is 2.08. The van der Waals surface area contributed by atoms with Crippen molar-refractivity contribution in [3.8, 4) is 22.8 Å². The fourth-order valence-electron chi connectivity index (χ4n) is 2.15. The molecule has 0 bridgehead atoms. The predicted molar refractivity (Wildman–Crippen MR) is 74.4 cm³/mol. The molecule has 2 aromatic heterocycles. The van der Waals surface area contributed by atoms with E-state index in [2.05, 4.69) is 20.4 Å². The summed E-state index contributed by atoms with van der Waals surface area (Å²) in [7, 11) is 0. The second-order valence-corrected chi connectivity index (χ2v) is 5.30. The first-order valence-electron chi connectivity index (χ1n) is 6.05. The highest BCUT2D eigenvalue weighted by Crippen LogP contribution is 2.29. The smallest absolute Gasteiger partial charge is 0.244 e. The van der Waals surface area contributed by atoms with E-state index in [1.807, 2.05) is 36.4 Å². The van der Waals surface area contributed by atoms with E-state index in [0.29, 0.717) is 22.4 Å². The first-order chi connectivity index (χ1) is 9.83. The molecule has 3 heterocycles. The van der Waals surface area contributed by atoms with Gasteiger partial charge in [-0.3, -0.25) is 9.89 Å². The van der Waals surface area contributed by atoms with Crippen molar-refractivity contribution >= 4 is 17.7 Å². The van der Waals surface area contributed by atoms with Crippen LogP contribution in [0.25, 0.3) is 22.8 Å². The maximum Gasteiger partial charge on any atom is 0.244 e. The zero-order valence-corrected chi connectivity index (χ0v) is 11.1. The van der Waals surface area contributed by atoms with Crippen molar-refractivity contribution in [1.29, 1.82) is 0 Å². The molecule has 0 fully saturated rings. The minimum Gasteiger partial charge on any atom is -0.274 e. The lowest BCUT2D eigenvalue weighted by Crippen LogP contribution is -2.08. The third-order valence-corrected chi connectivity index (χ3v) is 4.01. The third kappa shape index (κ3) is 1.67. The molecular formula is C13H9N5OS. The number of thioether (sulfide) groups is 1. The summed E-state index contributed by atoms with van der Waals surface area (Å²) in [5, 5.41) is 15.9. The SMILES string of the molecule is O=C1CSc2nnc(-c3cc(-c4ccccc4)n[nH]3)n21. The van der Waals surface area contributed by atoms with Crippen molar-refractivity contribution in [2.45, 2.75) is 5.16 Å². The average Bonchev–Trinajstić information content (AvgIpc) is 3.18. The summed E-state index contributed by atoms with van der Waals surface area (Å²) in [5.74, 6) is 0.933. The summed E-state index contributed by atoms with van der Waals surface area (Å²) < 4.78 is 1.53. The molecular weight excluding hydrogens is 274 g/mol. The number of benzene rings is 1. The van der Waals surface area contributed by atoms with E-state index in [9.17, 15) is 4.79 Å². The molecule has 98 valence electrons. The van der Waals surface area contributed by atoms with Crippen LogP contribution >= 0.6 is 11.8 Å². The summed E-state index contributed by atoms with van der Waals surface area (Å²) in [4.78, 5) is 11.8. The summed E-state index contributed by atoms with van der Waals surface area (Å²) in [6.45, 7) is 0. The van der Waals surface area contributed by atoms with Crippen molar-refractivity contribution in [1.82, 2.24) is 25.0 Å². The second-order valence-electron chi connectivity index (χ2n) is 4.36. The van der Waals surface area contributed by atoms with Crippen LogP contribution in [0.15, 0.2) is 41.6 Å². The Morgan fingerprint density at radius 2 is 2.05 bits per heavy atom. The first kappa shape index (κ1) is 11.4. The van der Waals surface area contributed by atoms with Crippen LogP contribution in [0, 0.1) is 0 Å². The number of H-pyrrole nitrogens is 1. The van der Waals surface area contributed by atoms with Crippen LogP contribution in [0.3, 0.4) is 0 Å². The fraction of sp³-hybridized carbons (Fsp3) is 0.0769. The number of nitrogens with one attached hydrogen (secondary N) is 1. The third-order valence-electron chi connectivity index (χ3n) is 3.10. The van der Waals surface area contributed by atoms with E-state index in [-0.39, 0.29) is 5.91 Å². The quantitative estimate of drug-likeness (QED) is 0.779. The van der Waals surface area contributed by atoms with E-state index < -0.39 is 0 Å². The number of rotatable bonds is 2. The van der Waals surface area contributed by atoms with Gasteiger partial charge in [0, 0.05) is 5.56 Å². The summed E-state index contributed by atoms with van der Waals surface area (Å²) in [5.41, 5.74) is 2.52. The van der Waals surface area contributed by atoms with Crippen molar-refractivity contribution in [2.75, 3.05) is 5.75 Å². The maximum atomic E-state index is 11.8. The van der Waals surface area contributed by atoms with Crippen LogP contribution in [-0.4, -0.2) is 36.6 Å².